The summed E-state index contributed by atoms with van der Waals surface area (Å²) < 4.78 is 0. The zero-order valence-corrected chi connectivity index (χ0v) is 24.6. The number of hydrogen-bond acceptors (Lipinski definition) is 8. The molecule has 0 unspecified atom stereocenters. The molecule has 12 heteroatoms. The van der Waals surface area contributed by atoms with Gasteiger partial charge in [0.2, 0.25) is 5.82 Å². The summed E-state index contributed by atoms with van der Waals surface area (Å²) in [4.78, 5) is 44.1. The minimum atomic E-state index is -1.64. The number of aromatic amines is 1. The maximum Gasteiger partial charge on any atom is 0.270 e. The van der Waals surface area contributed by atoms with Gasteiger partial charge in [-0.2, -0.15) is 5.21 Å². The standard InChI is InChI=1S/C33H32N8O4/c1-33(2,23-14-7-4-8-15-23)37-31(44)26-18-10-17-25(35-26)30(43)36-27(19-21-11-5-3-6-12-21)28(42)32(45)34-24-16-9-13-22(20-24)29-38-40-41-39-29/h3-18,20,27-28,42H,19H2,1-2H3,(H,34,45)(H,36,43)(H,37,44)(H,38,39,40,41)/t27-,28-/m0/s1. The highest BCUT2D eigenvalue weighted by molar-refractivity contribution is 5.98. The van der Waals surface area contributed by atoms with Gasteiger partial charge in [-0.3, -0.25) is 14.4 Å². The van der Waals surface area contributed by atoms with Gasteiger partial charge in [-0.15, -0.1) is 10.2 Å². The number of rotatable bonds is 11. The number of aromatic nitrogens is 5. The van der Waals surface area contributed by atoms with Crippen LogP contribution in [0.25, 0.3) is 11.4 Å². The lowest BCUT2D eigenvalue weighted by Crippen LogP contribution is -2.50. The van der Waals surface area contributed by atoms with Crippen molar-refractivity contribution in [3.8, 4) is 11.4 Å². The Hall–Kier alpha value is -5.75. The van der Waals surface area contributed by atoms with Crippen LogP contribution < -0.4 is 16.0 Å². The maximum atomic E-state index is 13.4. The predicted molar refractivity (Wildman–Crippen MR) is 167 cm³/mol. The van der Waals surface area contributed by atoms with Crippen LogP contribution in [0.1, 0.15) is 46.0 Å². The van der Waals surface area contributed by atoms with Crippen molar-refractivity contribution in [2.24, 2.45) is 0 Å². The third-order valence-corrected chi connectivity index (χ3v) is 7.13. The van der Waals surface area contributed by atoms with Crippen LogP contribution in [0.5, 0.6) is 0 Å². The lowest BCUT2D eigenvalue weighted by Gasteiger charge is -2.27. The maximum absolute atomic E-state index is 13.4. The summed E-state index contributed by atoms with van der Waals surface area (Å²) in [6.45, 7) is 3.75. The van der Waals surface area contributed by atoms with Crippen molar-refractivity contribution in [2.45, 2.75) is 38.0 Å². The molecule has 0 bridgehead atoms. The van der Waals surface area contributed by atoms with Gasteiger partial charge in [0.25, 0.3) is 17.7 Å². The molecular weight excluding hydrogens is 572 g/mol. The van der Waals surface area contributed by atoms with Crippen LogP contribution in [0.2, 0.25) is 0 Å². The van der Waals surface area contributed by atoms with Gasteiger partial charge in [0.1, 0.15) is 11.4 Å². The van der Waals surface area contributed by atoms with E-state index in [1.807, 2.05) is 74.5 Å². The van der Waals surface area contributed by atoms with Gasteiger partial charge in [0.05, 0.1) is 11.6 Å². The van der Waals surface area contributed by atoms with Crippen LogP contribution in [0.4, 0.5) is 5.69 Å². The summed E-state index contributed by atoms with van der Waals surface area (Å²) in [6.07, 6.45) is -1.49. The Morgan fingerprint density at radius 3 is 2.20 bits per heavy atom. The Kier molecular flexibility index (Phi) is 9.34. The molecule has 0 saturated carbocycles. The molecule has 3 aromatic carbocycles. The van der Waals surface area contributed by atoms with E-state index in [0.717, 1.165) is 11.1 Å². The fraction of sp³-hybridized carbons (Fsp3) is 0.182. The van der Waals surface area contributed by atoms with E-state index in [9.17, 15) is 19.5 Å². The molecule has 2 atom stereocenters. The zero-order chi connectivity index (χ0) is 31.8. The summed E-state index contributed by atoms with van der Waals surface area (Å²) in [5.74, 6) is -1.50. The Morgan fingerprint density at radius 1 is 0.844 bits per heavy atom. The number of carbonyl (C=O) groups excluding carboxylic acids is 3. The first kappa shape index (κ1) is 30.7. The second kappa shape index (κ2) is 13.7. The largest absolute Gasteiger partial charge is 0.381 e. The van der Waals surface area contributed by atoms with Gasteiger partial charge in [0.15, 0.2) is 6.10 Å². The monoisotopic (exact) mass is 604 g/mol. The number of nitrogens with zero attached hydrogens (tertiary/aromatic N) is 4. The molecule has 228 valence electrons. The van der Waals surface area contributed by atoms with Crippen molar-refractivity contribution in [3.63, 3.8) is 0 Å². The summed E-state index contributed by atoms with van der Waals surface area (Å²) in [5, 5.41) is 33.4. The molecule has 12 nitrogen and oxygen atoms in total. The van der Waals surface area contributed by atoms with Gasteiger partial charge < -0.3 is 21.1 Å². The summed E-state index contributed by atoms with van der Waals surface area (Å²) in [5.41, 5.74) is 2.01. The Balaban J connectivity index is 1.31. The molecule has 5 aromatic rings. The van der Waals surface area contributed by atoms with Crippen molar-refractivity contribution in [3.05, 3.63) is 126 Å². The fourth-order valence-corrected chi connectivity index (χ4v) is 4.73. The molecule has 5 rings (SSSR count). The second-order valence-electron chi connectivity index (χ2n) is 10.9. The molecule has 0 aliphatic carbocycles. The molecule has 0 spiro atoms. The molecule has 0 aliphatic rings. The second-order valence-corrected chi connectivity index (χ2v) is 10.9. The number of benzene rings is 3. The van der Waals surface area contributed by atoms with E-state index >= 15 is 0 Å². The predicted octanol–water partition coefficient (Wildman–Crippen LogP) is 3.27. The third kappa shape index (κ3) is 7.80. The Labute approximate surface area is 259 Å². The van der Waals surface area contributed by atoms with Gasteiger partial charge >= 0.3 is 0 Å². The van der Waals surface area contributed by atoms with Crippen molar-refractivity contribution >= 4 is 23.4 Å². The van der Waals surface area contributed by atoms with Crippen LogP contribution >= 0.6 is 0 Å². The molecule has 2 aromatic heterocycles. The highest BCUT2D eigenvalue weighted by Gasteiger charge is 2.30. The number of anilines is 1. The van der Waals surface area contributed by atoms with E-state index in [4.69, 9.17) is 0 Å². The average molecular weight is 605 g/mol. The number of carbonyl (C=O) groups is 3. The third-order valence-electron chi connectivity index (χ3n) is 7.13. The first-order valence-electron chi connectivity index (χ1n) is 14.2. The van der Waals surface area contributed by atoms with Gasteiger partial charge in [-0.25, -0.2) is 4.98 Å². The van der Waals surface area contributed by atoms with Crippen LogP contribution in [0.15, 0.2) is 103 Å². The summed E-state index contributed by atoms with van der Waals surface area (Å²) in [7, 11) is 0. The zero-order valence-electron chi connectivity index (χ0n) is 24.6. The number of tetrazole rings is 1. The number of amides is 3. The molecular formula is C33H32N8O4. The van der Waals surface area contributed by atoms with Crippen molar-refractivity contribution in [2.75, 3.05) is 5.32 Å². The number of hydrogen-bond donors (Lipinski definition) is 5. The van der Waals surface area contributed by atoms with Crippen LogP contribution in [-0.2, 0) is 16.8 Å². The lowest BCUT2D eigenvalue weighted by atomic mass is 9.94. The van der Waals surface area contributed by atoms with Crippen LogP contribution in [-0.4, -0.2) is 60.6 Å². The fourth-order valence-electron chi connectivity index (χ4n) is 4.73. The van der Waals surface area contributed by atoms with E-state index in [-0.39, 0.29) is 17.8 Å². The van der Waals surface area contributed by atoms with Gasteiger partial charge in [0, 0.05) is 11.3 Å². The summed E-state index contributed by atoms with van der Waals surface area (Å²) in [6, 6.07) is 28.9. The first-order valence-corrected chi connectivity index (χ1v) is 14.2. The van der Waals surface area contributed by atoms with E-state index in [2.05, 4.69) is 41.6 Å². The minimum Gasteiger partial charge on any atom is -0.381 e. The molecule has 0 aliphatic heterocycles. The van der Waals surface area contributed by atoms with Crippen molar-refractivity contribution in [1.29, 1.82) is 0 Å². The van der Waals surface area contributed by atoms with Crippen molar-refractivity contribution in [1.82, 2.24) is 36.2 Å². The molecule has 5 N–H and O–H groups in total. The number of aliphatic hydroxyl groups excluding tert-OH is 1. The normalized spacial score (nSPS) is 12.5. The molecule has 0 saturated heterocycles. The van der Waals surface area contributed by atoms with E-state index in [1.165, 1.54) is 12.1 Å². The lowest BCUT2D eigenvalue weighted by molar-refractivity contribution is -0.125. The number of nitrogens with one attached hydrogen (secondary N) is 4. The quantitative estimate of drug-likeness (QED) is 0.153. The SMILES string of the molecule is CC(C)(NC(=O)c1cccc(C(=O)N[C@@H](Cc2ccccc2)[C@H](O)C(=O)Nc2cccc(-c3nn[nH]n3)c2)n1)c1ccccc1. The van der Waals surface area contributed by atoms with E-state index in [1.54, 1.807) is 30.3 Å². The molecule has 45 heavy (non-hydrogen) atoms. The molecule has 2 heterocycles. The van der Waals surface area contributed by atoms with Gasteiger partial charge in [-0.05, 0) is 60.9 Å². The van der Waals surface area contributed by atoms with E-state index in [0.29, 0.717) is 17.1 Å². The number of H-pyrrole nitrogens is 1. The molecule has 0 fully saturated rings. The first-order chi connectivity index (χ1) is 21.7. The van der Waals surface area contributed by atoms with Gasteiger partial charge in [-0.1, -0.05) is 78.9 Å². The smallest absolute Gasteiger partial charge is 0.270 e. The molecule has 0 radical (unpaired) electrons. The van der Waals surface area contributed by atoms with E-state index < -0.39 is 35.4 Å². The topological polar surface area (TPSA) is 175 Å². The molecule has 3 amide bonds. The van der Waals surface area contributed by atoms with Crippen molar-refractivity contribution < 1.29 is 19.5 Å². The Bertz CT molecular complexity index is 1760. The average Bonchev–Trinajstić information content (AvgIpc) is 3.60. The van der Waals surface area contributed by atoms with Crippen LogP contribution in [0, 0.1) is 0 Å². The highest BCUT2D eigenvalue weighted by atomic mass is 16.3. The highest BCUT2D eigenvalue weighted by Crippen LogP contribution is 2.21. The Morgan fingerprint density at radius 2 is 1.51 bits per heavy atom. The number of aliphatic hydroxyl groups is 1. The summed E-state index contributed by atoms with van der Waals surface area (Å²) >= 11 is 0. The minimum absolute atomic E-state index is 0.0429. The van der Waals surface area contributed by atoms with Crippen LogP contribution in [0.3, 0.4) is 0 Å². The number of pyridine rings is 1.